The maximum atomic E-state index is 4.59. The molecule has 0 unspecified atom stereocenters. The summed E-state index contributed by atoms with van der Waals surface area (Å²) in [6.07, 6.45) is 1.88. The minimum atomic E-state index is 0.386. The molecule has 94 valence electrons. The lowest BCUT2D eigenvalue weighted by atomic mass is 10.1. The third-order valence-electron chi connectivity index (χ3n) is 2.62. The summed E-state index contributed by atoms with van der Waals surface area (Å²) >= 11 is 3.47. The minimum absolute atomic E-state index is 0.386. The molecular formula is C14H16BrN3. The second kappa shape index (κ2) is 5.96. The van der Waals surface area contributed by atoms with Gasteiger partial charge in [-0.05, 0) is 18.1 Å². The van der Waals surface area contributed by atoms with Crippen LogP contribution in [0.15, 0.2) is 36.5 Å². The molecule has 0 aliphatic rings. The molecule has 0 spiro atoms. The zero-order chi connectivity index (χ0) is 13.0. The predicted molar refractivity (Wildman–Crippen MR) is 78.5 cm³/mol. The number of nitrogens with one attached hydrogen (secondary N) is 1. The van der Waals surface area contributed by atoms with E-state index in [9.17, 15) is 0 Å². The van der Waals surface area contributed by atoms with Gasteiger partial charge in [-0.1, -0.05) is 48.0 Å². The van der Waals surface area contributed by atoms with Gasteiger partial charge in [0.15, 0.2) is 0 Å². The van der Waals surface area contributed by atoms with E-state index in [2.05, 4.69) is 45.1 Å². The number of hydrogen-bond donors (Lipinski definition) is 1. The summed E-state index contributed by atoms with van der Waals surface area (Å²) in [7, 11) is 0. The van der Waals surface area contributed by atoms with Crippen LogP contribution in [-0.2, 0) is 5.33 Å². The molecule has 2 aromatic rings. The van der Waals surface area contributed by atoms with Gasteiger partial charge in [-0.3, -0.25) is 0 Å². The van der Waals surface area contributed by atoms with Gasteiger partial charge in [-0.15, -0.1) is 0 Å². The normalized spacial score (nSPS) is 10.7. The van der Waals surface area contributed by atoms with Gasteiger partial charge >= 0.3 is 0 Å². The molecule has 2 rings (SSSR count). The number of benzene rings is 1. The van der Waals surface area contributed by atoms with Crippen molar-refractivity contribution in [2.24, 2.45) is 0 Å². The van der Waals surface area contributed by atoms with Crippen molar-refractivity contribution in [3.8, 4) is 0 Å². The fourth-order valence-corrected chi connectivity index (χ4v) is 2.17. The fourth-order valence-electron chi connectivity index (χ4n) is 1.73. The van der Waals surface area contributed by atoms with Crippen LogP contribution >= 0.6 is 15.9 Å². The topological polar surface area (TPSA) is 37.8 Å². The lowest BCUT2D eigenvalue weighted by Gasteiger charge is -2.12. The highest BCUT2D eigenvalue weighted by Gasteiger charge is 2.09. The minimum Gasteiger partial charge on any atom is -0.324 e. The molecule has 1 N–H and O–H groups in total. The van der Waals surface area contributed by atoms with Crippen LogP contribution in [0.5, 0.6) is 0 Å². The molecule has 4 heteroatoms. The number of halogens is 1. The number of alkyl halides is 1. The largest absolute Gasteiger partial charge is 0.324 e. The van der Waals surface area contributed by atoms with Gasteiger partial charge in [0.25, 0.3) is 0 Å². The summed E-state index contributed by atoms with van der Waals surface area (Å²) in [5, 5.41) is 4.00. The molecule has 1 heterocycles. The smallest absolute Gasteiger partial charge is 0.227 e. The number of aromatic nitrogens is 2. The predicted octanol–water partition coefficient (Wildman–Crippen LogP) is 4.24. The van der Waals surface area contributed by atoms with Crippen LogP contribution in [0.25, 0.3) is 0 Å². The summed E-state index contributed by atoms with van der Waals surface area (Å²) in [5.41, 5.74) is 3.22. The molecule has 0 fully saturated rings. The average Bonchev–Trinajstić information content (AvgIpc) is 2.40. The zero-order valence-electron chi connectivity index (χ0n) is 10.5. The molecular weight excluding hydrogens is 290 g/mol. The van der Waals surface area contributed by atoms with Gasteiger partial charge in [0.1, 0.15) is 0 Å². The van der Waals surface area contributed by atoms with Crippen molar-refractivity contribution in [1.29, 1.82) is 0 Å². The van der Waals surface area contributed by atoms with Gasteiger partial charge in [0.05, 0.1) is 5.69 Å². The van der Waals surface area contributed by atoms with Crippen LogP contribution in [0, 0.1) is 0 Å². The van der Waals surface area contributed by atoms with Gasteiger partial charge in [0, 0.05) is 22.8 Å². The Morgan fingerprint density at radius 2 is 1.94 bits per heavy atom. The Balaban J connectivity index is 2.27. The van der Waals surface area contributed by atoms with Crippen molar-refractivity contribution in [3.63, 3.8) is 0 Å². The number of rotatable bonds is 4. The summed E-state index contributed by atoms with van der Waals surface area (Å²) < 4.78 is 0. The summed E-state index contributed by atoms with van der Waals surface area (Å²) in [6, 6.07) is 9.95. The molecule has 1 aromatic carbocycles. The van der Waals surface area contributed by atoms with Crippen LogP contribution in [0.4, 0.5) is 11.6 Å². The van der Waals surface area contributed by atoms with Gasteiger partial charge < -0.3 is 5.32 Å². The lowest BCUT2D eigenvalue weighted by molar-refractivity contribution is 0.803. The zero-order valence-corrected chi connectivity index (χ0v) is 12.1. The highest BCUT2D eigenvalue weighted by Crippen LogP contribution is 2.21. The van der Waals surface area contributed by atoms with Gasteiger partial charge in [0.2, 0.25) is 5.95 Å². The Kier molecular flexibility index (Phi) is 4.31. The number of para-hydroxylation sites is 1. The Hall–Kier alpha value is -1.42. The second-order valence-electron chi connectivity index (χ2n) is 4.38. The Morgan fingerprint density at radius 1 is 1.22 bits per heavy atom. The first-order valence-corrected chi connectivity index (χ1v) is 7.06. The Morgan fingerprint density at radius 3 is 2.56 bits per heavy atom. The standard InChI is InChI=1S/C14H16BrN3/c1-10(2)13-11(8-15)9-16-14(18-13)17-12-6-4-3-5-7-12/h3-7,9-10H,8H2,1-2H3,(H,16,17,18). The third kappa shape index (κ3) is 3.07. The summed E-state index contributed by atoms with van der Waals surface area (Å²) in [5.74, 6) is 1.03. The number of anilines is 2. The fraction of sp³-hybridized carbons (Fsp3) is 0.286. The van der Waals surface area contributed by atoms with Crippen molar-refractivity contribution in [2.75, 3.05) is 5.32 Å². The van der Waals surface area contributed by atoms with Crippen molar-refractivity contribution in [3.05, 3.63) is 47.8 Å². The first-order valence-electron chi connectivity index (χ1n) is 5.94. The number of nitrogens with zero attached hydrogens (tertiary/aromatic N) is 2. The van der Waals surface area contributed by atoms with Crippen molar-refractivity contribution >= 4 is 27.6 Å². The molecule has 3 nitrogen and oxygen atoms in total. The third-order valence-corrected chi connectivity index (χ3v) is 3.22. The molecule has 0 saturated heterocycles. The van der Waals surface area contributed by atoms with Crippen LogP contribution in [0.2, 0.25) is 0 Å². The van der Waals surface area contributed by atoms with Crippen LogP contribution in [-0.4, -0.2) is 9.97 Å². The maximum absolute atomic E-state index is 4.59. The molecule has 0 aliphatic heterocycles. The van der Waals surface area contributed by atoms with Gasteiger partial charge in [-0.25, -0.2) is 9.97 Å². The van der Waals surface area contributed by atoms with Crippen LogP contribution in [0.3, 0.4) is 0 Å². The van der Waals surface area contributed by atoms with E-state index >= 15 is 0 Å². The van der Waals surface area contributed by atoms with E-state index in [0.29, 0.717) is 11.9 Å². The molecule has 0 amide bonds. The maximum Gasteiger partial charge on any atom is 0.227 e. The average molecular weight is 306 g/mol. The molecule has 0 atom stereocenters. The quantitative estimate of drug-likeness (QED) is 0.859. The first kappa shape index (κ1) is 13.0. The van der Waals surface area contributed by atoms with E-state index in [0.717, 1.165) is 22.3 Å². The molecule has 18 heavy (non-hydrogen) atoms. The Labute approximate surface area is 116 Å². The van der Waals surface area contributed by atoms with Gasteiger partial charge in [-0.2, -0.15) is 0 Å². The number of hydrogen-bond acceptors (Lipinski definition) is 3. The van der Waals surface area contributed by atoms with Crippen molar-refractivity contribution in [1.82, 2.24) is 9.97 Å². The summed E-state index contributed by atoms with van der Waals surface area (Å²) in [4.78, 5) is 8.92. The van der Waals surface area contributed by atoms with E-state index in [-0.39, 0.29) is 0 Å². The highest BCUT2D eigenvalue weighted by molar-refractivity contribution is 9.08. The SMILES string of the molecule is CC(C)c1nc(Nc2ccccc2)ncc1CBr. The van der Waals surface area contributed by atoms with Crippen molar-refractivity contribution in [2.45, 2.75) is 25.1 Å². The van der Waals surface area contributed by atoms with Crippen molar-refractivity contribution < 1.29 is 0 Å². The van der Waals surface area contributed by atoms with E-state index in [1.54, 1.807) is 0 Å². The second-order valence-corrected chi connectivity index (χ2v) is 4.94. The summed E-state index contributed by atoms with van der Waals surface area (Å²) in [6.45, 7) is 4.28. The van der Waals surface area contributed by atoms with E-state index in [4.69, 9.17) is 0 Å². The molecule has 1 aromatic heterocycles. The molecule has 0 bridgehead atoms. The van der Waals surface area contributed by atoms with E-state index < -0.39 is 0 Å². The molecule has 0 aliphatic carbocycles. The lowest BCUT2D eigenvalue weighted by Crippen LogP contribution is -2.04. The molecule has 0 saturated carbocycles. The first-order chi connectivity index (χ1) is 8.70. The molecule has 0 radical (unpaired) electrons. The monoisotopic (exact) mass is 305 g/mol. The van der Waals surface area contributed by atoms with Crippen LogP contribution in [0.1, 0.15) is 31.0 Å². The van der Waals surface area contributed by atoms with E-state index in [1.165, 1.54) is 0 Å². The Bertz CT molecular complexity index is 512. The van der Waals surface area contributed by atoms with Crippen LogP contribution < -0.4 is 5.32 Å². The van der Waals surface area contributed by atoms with E-state index in [1.807, 2.05) is 36.5 Å². The highest BCUT2D eigenvalue weighted by atomic mass is 79.9.